The van der Waals surface area contributed by atoms with Crippen LogP contribution in [0.4, 0.5) is 0 Å². The molecule has 0 aliphatic heterocycles. The lowest BCUT2D eigenvalue weighted by Crippen LogP contribution is -2.15. The van der Waals surface area contributed by atoms with Crippen molar-refractivity contribution < 1.29 is 23.8 Å². The van der Waals surface area contributed by atoms with Crippen LogP contribution in [-0.4, -0.2) is 32.6 Å². The second-order valence-electron chi connectivity index (χ2n) is 3.90. The maximum Gasteiger partial charge on any atom is 0.374 e. The highest BCUT2D eigenvalue weighted by Crippen LogP contribution is 2.17. The highest BCUT2D eigenvalue weighted by atomic mass is 16.5. The van der Waals surface area contributed by atoms with Gasteiger partial charge in [0.15, 0.2) is 0 Å². The molecule has 0 aromatic heterocycles. The van der Waals surface area contributed by atoms with Crippen LogP contribution >= 0.6 is 0 Å². The van der Waals surface area contributed by atoms with Gasteiger partial charge in [-0.05, 0) is 37.1 Å². The van der Waals surface area contributed by atoms with Crippen LogP contribution < -0.4 is 9.47 Å². The summed E-state index contributed by atoms with van der Waals surface area (Å²) in [6.45, 7) is 0.501. The molecule has 5 nitrogen and oxygen atoms in total. The summed E-state index contributed by atoms with van der Waals surface area (Å²) in [4.78, 5) is 22.0. The molecule has 0 unspecified atom stereocenters. The molecule has 0 spiro atoms. The molecular formula is C14H18O5. The molecule has 1 aromatic rings. The van der Waals surface area contributed by atoms with Gasteiger partial charge in [-0.15, -0.1) is 0 Å². The largest absolute Gasteiger partial charge is 0.497 e. The molecule has 0 atom stereocenters. The minimum atomic E-state index is -0.781. The first kappa shape index (κ1) is 15.0. The van der Waals surface area contributed by atoms with Crippen LogP contribution in [0.5, 0.6) is 11.5 Å². The normalized spacial score (nSPS) is 9.79. The smallest absolute Gasteiger partial charge is 0.374 e. The Balaban J connectivity index is 2.16. The van der Waals surface area contributed by atoms with Crippen molar-refractivity contribution in [1.29, 1.82) is 0 Å². The third-order valence-electron chi connectivity index (χ3n) is 2.54. The zero-order valence-corrected chi connectivity index (χ0v) is 11.2. The van der Waals surface area contributed by atoms with Crippen LogP contribution in [0.2, 0.25) is 0 Å². The highest BCUT2D eigenvalue weighted by Gasteiger charge is 2.12. The van der Waals surface area contributed by atoms with Gasteiger partial charge in [-0.1, -0.05) is 0 Å². The van der Waals surface area contributed by atoms with E-state index >= 15 is 0 Å². The van der Waals surface area contributed by atoms with E-state index in [1.165, 1.54) is 7.11 Å². The number of ether oxygens (including phenoxy) is 3. The number of hydrogen-bond donors (Lipinski definition) is 0. The Morgan fingerprint density at radius 1 is 1.00 bits per heavy atom. The molecule has 1 aromatic carbocycles. The number of benzene rings is 1. The Bertz CT molecular complexity index is 410. The fourth-order valence-corrected chi connectivity index (χ4v) is 1.47. The summed E-state index contributed by atoms with van der Waals surface area (Å²) in [5.74, 6) is 0.249. The van der Waals surface area contributed by atoms with Crippen molar-refractivity contribution in [3.05, 3.63) is 24.3 Å². The molecule has 1 rings (SSSR count). The van der Waals surface area contributed by atoms with Gasteiger partial charge in [-0.3, -0.25) is 4.79 Å². The van der Waals surface area contributed by atoms with E-state index in [9.17, 15) is 9.59 Å². The SMILES string of the molecule is COC(=O)C(=O)CCCCOc1ccc(OC)cc1. The molecular weight excluding hydrogens is 248 g/mol. The van der Waals surface area contributed by atoms with E-state index in [4.69, 9.17) is 9.47 Å². The van der Waals surface area contributed by atoms with Gasteiger partial charge in [0.25, 0.3) is 0 Å². The zero-order chi connectivity index (χ0) is 14.1. The number of carbonyl (C=O) groups excluding carboxylic acids is 2. The Kier molecular flexibility index (Phi) is 6.43. The van der Waals surface area contributed by atoms with Crippen molar-refractivity contribution in [1.82, 2.24) is 0 Å². The number of esters is 1. The van der Waals surface area contributed by atoms with Crippen LogP contribution in [0.25, 0.3) is 0 Å². The molecule has 0 heterocycles. The number of methoxy groups -OCH3 is 2. The monoisotopic (exact) mass is 266 g/mol. The number of rotatable bonds is 8. The lowest BCUT2D eigenvalue weighted by molar-refractivity contribution is -0.151. The van der Waals surface area contributed by atoms with Gasteiger partial charge < -0.3 is 14.2 Å². The van der Waals surface area contributed by atoms with Gasteiger partial charge in [0.2, 0.25) is 5.78 Å². The molecule has 0 N–H and O–H groups in total. The number of unbranched alkanes of at least 4 members (excludes halogenated alkanes) is 1. The van der Waals surface area contributed by atoms with Crippen LogP contribution in [0.3, 0.4) is 0 Å². The molecule has 104 valence electrons. The van der Waals surface area contributed by atoms with Crippen molar-refractivity contribution in [2.24, 2.45) is 0 Å². The molecule has 0 bridgehead atoms. The summed E-state index contributed by atoms with van der Waals surface area (Å²) in [7, 11) is 2.81. The number of carbonyl (C=O) groups is 2. The van der Waals surface area contributed by atoms with Gasteiger partial charge in [-0.25, -0.2) is 4.79 Å². The first-order valence-electron chi connectivity index (χ1n) is 6.05. The average molecular weight is 266 g/mol. The molecule has 0 saturated carbocycles. The van der Waals surface area contributed by atoms with Crippen LogP contribution in [0.1, 0.15) is 19.3 Å². The fourth-order valence-electron chi connectivity index (χ4n) is 1.47. The molecule has 0 aliphatic rings. The highest BCUT2D eigenvalue weighted by molar-refractivity contribution is 6.33. The van der Waals surface area contributed by atoms with E-state index < -0.39 is 11.8 Å². The first-order chi connectivity index (χ1) is 9.17. The second-order valence-corrected chi connectivity index (χ2v) is 3.90. The van der Waals surface area contributed by atoms with Crippen molar-refractivity contribution >= 4 is 11.8 Å². The topological polar surface area (TPSA) is 61.8 Å². The summed E-state index contributed by atoms with van der Waals surface area (Å²) < 4.78 is 14.9. The molecule has 0 aliphatic carbocycles. The van der Waals surface area contributed by atoms with E-state index in [-0.39, 0.29) is 6.42 Å². The van der Waals surface area contributed by atoms with E-state index in [2.05, 4.69) is 4.74 Å². The Morgan fingerprint density at radius 3 is 2.21 bits per heavy atom. The van der Waals surface area contributed by atoms with E-state index in [1.807, 2.05) is 24.3 Å². The zero-order valence-electron chi connectivity index (χ0n) is 11.2. The van der Waals surface area contributed by atoms with E-state index in [0.717, 1.165) is 11.5 Å². The molecule has 0 fully saturated rings. The van der Waals surface area contributed by atoms with Crippen molar-refractivity contribution in [2.75, 3.05) is 20.8 Å². The lowest BCUT2D eigenvalue weighted by Gasteiger charge is -2.06. The van der Waals surface area contributed by atoms with Gasteiger partial charge >= 0.3 is 5.97 Å². The van der Waals surface area contributed by atoms with Crippen molar-refractivity contribution in [3.8, 4) is 11.5 Å². The summed E-state index contributed by atoms with van der Waals surface area (Å²) in [6.07, 6.45) is 1.50. The van der Waals surface area contributed by atoms with Crippen LogP contribution in [0, 0.1) is 0 Å². The minimum Gasteiger partial charge on any atom is -0.497 e. The molecule has 0 saturated heterocycles. The Morgan fingerprint density at radius 2 is 1.63 bits per heavy atom. The number of Topliss-reactive ketones (excluding diaryl/α,β-unsaturated/α-hetero) is 1. The third kappa shape index (κ3) is 5.42. The first-order valence-corrected chi connectivity index (χ1v) is 6.05. The van der Waals surface area contributed by atoms with E-state index in [0.29, 0.717) is 19.4 Å². The fraction of sp³-hybridized carbons (Fsp3) is 0.429. The number of ketones is 1. The van der Waals surface area contributed by atoms with Gasteiger partial charge in [0, 0.05) is 6.42 Å². The van der Waals surface area contributed by atoms with E-state index in [1.54, 1.807) is 7.11 Å². The number of hydrogen-bond acceptors (Lipinski definition) is 5. The summed E-state index contributed by atoms with van der Waals surface area (Å²) >= 11 is 0. The van der Waals surface area contributed by atoms with Crippen molar-refractivity contribution in [3.63, 3.8) is 0 Å². The molecule has 5 heteroatoms. The standard InChI is InChI=1S/C14H18O5/c1-17-11-6-8-12(9-7-11)19-10-4-3-5-13(15)14(16)18-2/h6-9H,3-5,10H2,1-2H3. The Labute approximate surface area is 112 Å². The summed E-state index contributed by atoms with van der Waals surface area (Å²) in [5, 5.41) is 0. The van der Waals surface area contributed by atoms with Crippen LogP contribution in [0.15, 0.2) is 24.3 Å². The maximum absolute atomic E-state index is 11.1. The van der Waals surface area contributed by atoms with Gasteiger partial charge in [0.1, 0.15) is 11.5 Å². The lowest BCUT2D eigenvalue weighted by atomic mass is 10.2. The third-order valence-corrected chi connectivity index (χ3v) is 2.54. The van der Waals surface area contributed by atoms with Crippen molar-refractivity contribution in [2.45, 2.75) is 19.3 Å². The minimum absolute atomic E-state index is 0.193. The second kappa shape index (κ2) is 8.13. The molecule has 19 heavy (non-hydrogen) atoms. The van der Waals surface area contributed by atoms with Gasteiger partial charge in [0.05, 0.1) is 20.8 Å². The molecule has 0 radical (unpaired) electrons. The summed E-state index contributed by atoms with van der Waals surface area (Å²) in [5.41, 5.74) is 0. The average Bonchev–Trinajstić information content (AvgIpc) is 2.46. The maximum atomic E-state index is 11.1. The summed E-state index contributed by atoms with van der Waals surface area (Å²) in [6, 6.07) is 7.27. The van der Waals surface area contributed by atoms with Gasteiger partial charge in [-0.2, -0.15) is 0 Å². The Hall–Kier alpha value is -2.04. The predicted molar refractivity (Wildman–Crippen MR) is 69.4 cm³/mol. The van der Waals surface area contributed by atoms with Crippen LogP contribution in [-0.2, 0) is 14.3 Å². The molecule has 0 amide bonds. The quantitative estimate of drug-likeness (QED) is 0.409. The predicted octanol–water partition coefficient (Wildman–Crippen LogP) is 1.99.